The van der Waals surface area contributed by atoms with Crippen molar-refractivity contribution in [3.8, 4) is 0 Å². The van der Waals surface area contributed by atoms with Crippen molar-refractivity contribution >= 4 is 11.6 Å². The van der Waals surface area contributed by atoms with Gasteiger partial charge in [-0.25, -0.2) is 0 Å². The molecule has 1 aromatic carbocycles. The van der Waals surface area contributed by atoms with Crippen LogP contribution in [-0.2, 0) is 4.79 Å². The molecule has 0 atom stereocenters. The Balaban J connectivity index is 2.86. The number of benzene rings is 1. The lowest BCUT2D eigenvalue weighted by molar-refractivity contribution is -0.119. The normalized spacial score (nSPS) is 10.4. The van der Waals surface area contributed by atoms with Crippen molar-refractivity contribution in [2.45, 2.75) is 6.29 Å². The predicted octanol–water partition coefficient (Wildman–Crippen LogP) is -0.711. The maximum absolute atomic E-state index is 11.4. The Kier molecular flexibility index (Phi) is 4.23. The van der Waals surface area contributed by atoms with E-state index in [4.69, 9.17) is 15.9 Å². The number of aliphatic hydroxyl groups excluding tert-OH is 1. The van der Waals surface area contributed by atoms with E-state index in [1.165, 1.54) is 4.90 Å². The third-order valence-electron chi connectivity index (χ3n) is 1.89. The van der Waals surface area contributed by atoms with Crippen LogP contribution in [0, 0.1) is 0 Å². The van der Waals surface area contributed by atoms with E-state index in [0.29, 0.717) is 5.69 Å². The van der Waals surface area contributed by atoms with Crippen molar-refractivity contribution < 1.29 is 15.0 Å². The van der Waals surface area contributed by atoms with Gasteiger partial charge in [0.25, 0.3) is 0 Å². The van der Waals surface area contributed by atoms with Gasteiger partial charge in [0.15, 0.2) is 6.29 Å². The zero-order valence-corrected chi connectivity index (χ0v) is 8.21. The first-order chi connectivity index (χ1) is 7.15. The number of para-hydroxylation sites is 1. The molecule has 0 saturated carbocycles. The molecular formula is C10H14N2O3. The third-order valence-corrected chi connectivity index (χ3v) is 1.89. The number of hydrogen-bond acceptors (Lipinski definition) is 4. The molecule has 0 spiro atoms. The van der Waals surface area contributed by atoms with Crippen LogP contribution in [0.1, 0.15) is 0 Å². The SMILES string of the molecule is NCC(=O)N(CC(O)O)c1ccccc1. The standard InChI is InChI=1S/C10H14N2O3/c11-6-9(13)12(7-10(14)15)8-4-2-1-3-5-8/h1-5,10,14-15H,6-7,11H2. The number of nitrogens with two attached hydrogens (primary N) is 1. The molecule has 0 unspecified atom stereocenters. The van der Waals surface area contributed by atoms with Crippen LogP contribution >= 0.6 is 0 Å². The van der Waals surface area contributed by atoms with Crippen LogP contribution in [0.3, 0.4) is 0 Å². The molecule has 0 aliphatic carbocycles. The molecule has 0 bridgehead atoms. The van der Waals surface area contributed by atoms with Gasteiger partial charge in [-0.05, 0) is 12.1 Å². The van der Waals surface area contributed by atoms with E-state index in [1.807, 2.05) is 6.07 Å². The topological polar surface area (TPSA) is 86.8 Å². The molecule has 0 heterocycles. The van der Waals surface area contributed by atoms with Crippen molar-refractivity contribution in [2.24, 2.45) is 5.73 Å². The quantitative estimate of drug-likeness (QED) is 0.573. The first-order valence-electron chi connectivity index (χ1n) is 4.56. The average molecular weight is 210 g/mol. The maximum Gasteiger partial charge on any atom is 0.240 e. The fourth-order valence-electron chi connectivity index (χ4n) is 1.23. The lowest BCUT2D eigenvalue weighted by Crippen LogP contribution is -2.41. The largest absolute Gasteiger partial charge is 0.367 e. The average Bonchev–Trinajstić information content (AvgIpc) is 2.26. The molecule has 1 amide bonds. The Labute approximate surface area is 87.7 Å². The number of carbonyl (C=O) groups is 1. The maximum atomic E-state index is 11.4. The smallest absolute Gasteiger partial charge is 0.240 e. The van der Waals surface area contributed by atoms with Crippen molar-refractivity contribution in [3.63, 3.8) is 0 Å². The first-order valence-corrected chi connectivity index (χ1v) is 4.56. The summed E-state index contributed by atoms with van der Waals surface area (Å²) >= 11 is 0. The van der Waals surface area contributed by atoms with Gasteiger partial charge in [0.2, 0.25) is 5.91 Å². The lowest BCUT2D eigenvalue weighted by Gasteiger charge is -2.22. The monoisotopic (exact) mass is 210 g/mol. The summed E-state index contributed by atoms with van der Waals surface area (Å²) in [6.07, 6.45) is -1.57. The summed E-state index contributed by atoms with van der Waals surface area (Å²) < 4.78 is 0. The number of rotatable bonds is 4. The van der Waals surface area contributed by atoms with Gasteiger partial charge in [-0.1, -0.05) is 18.2 Å². The Bertz CT molecular complexity index is 314. The summed E-state index contributed by atoms with van der Waals surface area (Å²) in [5.74, 6) is -0.352. The summed E-state index contributed by atoms with van der Waals surface area (Å²) in [5, 5.41) is 17.7. The summed E-state index contributed by atoms with van der Waals surface area (Å²) in [7, 11) is 0. The van der Waals surface area contributed by atoms with Crippen LogP contribution < -0.4 is 10.6 Å². The van der Waals surface area contributed by atoms with Crippen LogP contribution in [0.4, 0.5) is 5.69 Å². The van der Waals surface area contributed by atoms with Crippen molar-refractivity contribution in [3.05, 3.63) is 30.3 Å². The molecule has 0 aliphatic rings. The fourth-order valence-corrected chi connectivity index (χ4v) is 1.23. The minimum absolute atomic E-state index is 0.165. The van der Waals surface area contributed by atoms with E-state index < -0.39 is 6.29 Å². The van der Waals surface area contributed by atoms with Crippen LogP contribution in [-0.4, -0.2) is 35.5 Å². The molecule has 1 rings (SSSR count). The Morgan fingerprint density at radius 3 is 2.40 bits per heavy atom. The molecule has 15 heavy (non-hydrogen) atoms. The first kappa shape index (κ1) is 11.6. The fraction of sp³-hybridized carbons (Fsp3) is 0.300. The molecule has 0 saturated heterocycles. The zero-order chi connectivity index (χ0) is 11.3. The van der Waals surface area contributed by atoms with Gasteiger partial charge in [0, 0.05) is 5.69 Å². The Morgan fingerprint density at radius 2 is 1.93 bits per heavy atom. The molecule has 5 heteroatoms. The van der Waals surface area contributed by atoms with Gasteiger partial charge in [-0.15, -0.1) is 0 Å². The highest BCUT2D eigenvalue weighted by Crippen LogP contribution is 2.13. The second-order valence-corrected chi connectivity index (χ2v) is 3.02. The van der Waals surface area contributed by atoms with E-state index in [2.05, 4.69) is 0 Å². The van der Waals surface area contributed by atoms with Crippen molar-refractivity contribution in [1.82, 2.24) is 0 Å². The summed E-state index contributed by atoms with van der Waals surface area (Å²) in [4.78, 5) is 12.7. The highest BCUT2D eigenvalue weighted by atomic mass is 16.5. The highest BCUT2D eigenvalue weighted by molar-refractivity contribution is 5.94. The minimum atomic E-state index is -1.57. The molecule has 82 valence electrons. The minimum Gasteiger partial charge on any atom is -0.367 e. The van der Waals surface area contributed by atoms with Gasteiger partial charge >= 0.3 is 0 Å². The predicted molar refractivity (Wildman–Crippen MR) is 56.1 cm³/mol. The van der Waals surface area contributed by atoms with E-state index in [1.54, 1.807) is 24.3 Å². The number of nitrogens with zero attached hydrogens (tertiary/aromatic N) is 1. The molecular weight excluding hydrogens is 196 g/mol. The third kappa shape index (κ3) is 3.32. The van der Waals surface area contributed by atoms with Gasteiger partial charge < -0.3 is 20.8 Å². The molecule has 1 aromatic rings. The van der Waals surface area contributed by atoms with Crippen molar-refractivity contribution in [2.75, 3.05) is 18.0 Å². The van der Waals surface area contributed by atoms with Crippen LogP contribution in [0.15, 0.2) is 30.3 Å². The van der Waals surface area contributed by atoms with Gasteiger partial charge in [0.05, 0.1) is 13.1 Å². The molecule has 0 radical (unpaired) electrons. The van der Waals surface area contributed by atoms with Gasteiger partial charge in [0.1, 0.15) is 0 Å². The molecule has 0 aliphatic heterocycles. The van der Waals surface area contributed by atoms with Gasteiger partial charge in [-0.2, -0.15) is 0 Å². The summed E-state index contributed by atoms with van der Waals surface area (Å²) in [6, 6.07) is 8.74. The zero-order valence-electron chi connectivity index (χ0n) is 8.21. The Morgan fingerprint density at radius 1 is 1.33 bits per heavy atom. The van der Waals surface area contributed by atoms with Crippen LogP contribution in [0.5, 0.6) is 0 Å². The van der Waals surface area contributed by atoms with E-state index in [0.717, 1.165) is 0 Å². The van der Waals surface area contributed by atoms with Gasteiger partial charge in [-0.3, -0.25) is 4.79 Å². The van der Waals surface area contributed by atoms with Crippen molar-refractivity contribution in [1.29, 1.82) is 0 Å². The number of aliphatic hydroxyl groups is 2. The molecule has 0 aromatic heterocycles. The van der Waals surface area contributed by atoms with Crippen LogP contribution in [0.25, 0.3) is 0 Å². The van der Waals surface area contributed by atoms with E-state index in [9.17, 15) is 4.79 Å². The number of hydrogen-bond donors (Lipinski definition) is 3. The summed E-state index contributed by atoms with van der Waals surface area (Å²) in [5.41, 5.74) is 5.83. The second-order valence-electron chi connectivity index (χ2n) is 3.02. The van der Waals surface area contributed by atoms with E-state index in [-0.39, 0.29) is 19.0 Å². The number of amides is 1. The highest BCUT2D eigenvalue weighted by Gasteiger charge is 2.16. The summed E-state index contributed by atoms with van der Waals surface area (Å²) in [6.45, 7) is -0.346. The Hall–Kier alpha value is -1.43. The lowest BCUT2D eigenvalue weighted by atomic mass is 10.2. The van der Waals surface area contributed by atoms with E-state index >= 15 is 0 Å². The molecule has 0 fully saturated rings. The number of carbonyl (C=O) groups excluding carboxylic acids is 1. The second kappa shape index (κ2) is 5.45. The van der Waals surface area contributed by atoms with Crippen LogP contribution in [0.2, 0.25) is 0 Å². The molecule has 5 nitrogen and oxygen atoms in total. The molecule has 4 N–H and O–H groups in total. The number of anilines is 1.